The average Bonchev–Trinajstić information content (AvgIpc) is 3.49. The van der Waals surface area contributed by atoms with Gasteiger partial charge in [-0.2, -0.15) is 0 Å². The Labute approximate surface area is 237 Å². The van der Waals surface area contributed by atoms with Crippen LogP contribution in [0.2, 0.25) is 0 Å². The average molecular weight is 553 g/mol. The number of anilines is 1. The van der Waals surface area contributed by atoms with Crippen molar-refractivity contribution >= 4 is 17.0 Å². The van der Waals surface area contributed by atoms with Crippen LogP contribution in [0.3, 0.4) is 0 Å². The number of fused-ring (bicyclic) bond motifs is 1. The molecule has 2 N–H and O–H groups in total. The summed E-state index contributed by atoms with van der Waals surface area (Å²) in [5.41, 5.74) is 9.64. The number of nitrogens with zero attached hydrogens (tertiary/aromatic N) is 7. The van der Waals surface area contributed by atoms with Crippen molar-refractivity contribution in [3.8, 4) is 22.9 Å². The van der Waals surface area contributed by atoms with Crippen molar-refractivity contribution in [3.63, 3.8) is 0 Å². The summed E-state index contributed by atoms with van der Waals surface area (Å²) in [6.45, 7) is 5.75. The van der Waals surface area contributed by atoms with Crippen LogP contribution in [0.1, 0.15) is 29.8 Å². The van der Waals surface area contributed by atoms with Gasteiger partial charge in [-0.3, -0.25) is 9.13 Å². The lowest BCUT2D eigenvalue weighted by molar-refractivity contribution is 0.281. The Morgan fingerprint density at radius 1 is 0.976 bits per heavy atom. The van der Waals surface area contributed by atoms with Crippen LogP contribution in [0, 0.1) is 13.8 Å². The number of rotatable bonds is 8. The van der Waals surface area contributed by atoms with Gasteiger partial charge >= 0.3 is 5.69 Å². The van der Waals surface area contributed by atoms with Crippen molar-refractivity contribution in [2.24, 2.45) is 0 Å². The lowest BCUT2D eigenvalue weighted by Crippen LogP contribution is -2.34. The molecule has 0 unspecified atom stereocenters. The topological polar surface area (TPSA) is 126 Å². The molecule has 2 aromatic carbocycles. The van der Waals surface area contributed by atoms with Gasteiger partial charge in [-0.05, 0) is 82.2 Å². The summed E-state index contributed by atoms with van der Waals surface area (Å²) in [4.78, 5) is 33.0. The van der Waals surface area contributed by atoms with Gasteiger partial charge < -0.3 is 20.1 Å². The molecule has 11 heteroatoms. The Morgan fingerprint density at radius 2 is 1.73 bits per heavy atom. The number of ether oxygens (including phenoxy) is 2. The van der Waals surface area contributed by atoms with E-state index in [9.17, 15) is 4.79 Å². The second kappa shape index (κ2) is 11.0. The van der Waals surface area contributed by atoms with Crippen LogP contribution in [-0.4, -0.2) is 53.6 Å². The standard InChI is InChI=1S/C30H32N8O3/c1-19-11-25(40-17-21-14-32-20(2)33-15-21)13-26(12-19)41-24-8-6-22(7-9-24)38-27-28(31)34-18-35-29(27)37(30(38)39)16-23-5-4-10-36(23)3/h6-9,11-15,18,23H,4-5,10,16-17H2,1-3H3,(H2,31,34,35)/t23-/m1/s1. The Balaban J connectivity index is 1.24. The molecule has 4 heterocycles. The Bertz CT molecular complexity index is 1750. The van der Waals surface area contributed by atoms with E-state index in [-0.39, 0.29) is 17.5 Å². The molecule has 41 heavy (non-hydrogen) atoms. The molecule has 210 valence electrons. The van der Waals surface area contributed by atoms with Gasteiger partial charge in [-0.1, -0.05) is 0 Å². The maximum atomic E-state index is 13.7. The minimum atomic E-state index is -0.194. The number of nitrogens with two attached hydrogens (primary N) is 1. The van der Waals surface area contributed by atoms with Crippen LogP contribution in [0.4, 0.5) is 5.82 Å². The van der Waals surface area contributed by atoms with E-state index < -0.39 is 0 Å². The highest BCUT2D eigenvalue weighted by atomic mass is 16.5. The minimum absolute atomic E-state index is 0.194. The molecule has 1 aliphatic heterocycles. The molecule has 0 radical (unpaired) electrons. The highest BCUT2D eigenvalue weighted by Gasteiger charge is 2.26. The quantitative estimate of drug-likeness (QED) is 0.303. The van der Waals surface area contributed by atoms with Gasteiger partial charge in [-0.15, -0.1) is 0 Å². The SMILES string of the molecule is Cc1cc(OCc2cnc(C)nc2)cc(Oc2ccc(-n3c(=O)n(C[C@H]4CCCN4C)c4ncnc(N)c43)cc2)c1. The van der Waals surface area contributed by atoms with E-state index in [4.69, 9.17) is 15.2 Å². The highest BCUT2D eigenvalue weighted by Crippen LogP contribution is 2.29. The normalized spacial score (nSPS) is 15.4. The van der Waals surface area contributed by atoms with Crippen molar-refractivity contribution in [3.05, 3.63) is 88.6 Å². The smallest absolute Gasteiger partial charge is 0.335 e. The van der Waals surface area contributed by atoms with E-state index in [1.165, 1.54) is 6.33 Å². The van der Waals surface area contributed by atoms with E-state index in [1.807, 2.05) is 56.3 Å². The maximum absolute atomic E-state index is 13.7. The molecular formula is C30H32N8O3. The van der Waals surface area contributed by atoms with E-state index in [0.717, 1.165) is 36.3 Å². The molecule has 0 amide bonds. The fraction of sp³-hybridized carbons (Fsp3) is 0.300. The van der Waals surface area contributed by atoms with Crippen LogP contribution >= 0.6 is 0 Å². The number of nitrogen functional groups attached to an aromatic ring is 1. The third-order valence-corrected chi connectivity index (χ3v) is 7.39. The van der Waals surface area contributed by atoms with Gasteiger partial charge in [0.2, 0.25) is 0 Å². The molecule has 1 atom stereocenters. The van der Waals surface area contributed by atoms with Crippen molar-refractivity contribution in [1.29, 1.82) is 0 Å². The first kappa shape index (κ1) is 26.5. The Hall–Kier alpha value is -4.77. The molecule has 11 nitrogen and oxygen atoms in total. The number of imidazole rings is 1. The van der Waals surface area contributed by atoms with Gasteiger partial charge in [0.05, 0.1) is 5.69 Å². The molecule has 1 aliphatic rings. The van der Waals surface area contributed by atoms with Crippen molar-refractivity contribution in [1.82, 2.24) is 34.0 Å². The van der Waals surface area contributed by atoms with Crippen LogP contribution in [0.25, 0.3) is 16.9 Å². The summed E-state index contributed by atoms with van der Waals surface area (Å²) in [6, 6.07) is 13.3. The Morgan fingerprint density at radius 3 is 2.46 bits per heavy atom. The molecule has 1 fully saturated rings. The largest absolute Gasteiger partial charge is 0.489 e. The summed E-state index contributed by atoms with van der Waals surface area (Å²) < 4.78 is 15.4. The first-order valence-electron chi connectivity index (χ1n) is 13.6. The van der Waals surface area contributed by atoms with E-state index in [1.54, 1.807) is 21.5 Å². The fourth-order valence-corrected chi connectivity index (χ4v) is 5.24. The van der Waals surface area contributed by atoms with Crippen LogP contribution in [0.15, 0.2) is 66.0 Å². The lowest BCUT2D eigenvalue weighted by atomic mass is 10.2. The maximum Gasteiger partial charge on any atom is 0.335 e. The van der Waals surface area contributed by atoms with E-state index in [2.05, 4.69) is 31.9 Å². The van der Waals surface area contributed by atoms with Crippen LogP contribution in [0.5, 0.6) is 17.2 Å². The number of benzene rings is 2. The van der Waals surface area contributed by atoms with E-state index >= 15 is 0 Å². The molecule has 0 aliphatic carbocycles. The molecule has 0 bridgehead atoms. The second-order valence-electron chi connectivity index (χ2n) is 10.4. The van der Waals surface area contributed by atoms with Gasteiger partial charge in [0.15, 0.2) is 11.5 Å². The molecule has 3 aromatic heterocycles. The van der Waals surface area contributed by atoms with Crippen LogP contribution in [-0.2, 0) is 13.2 Å². The molecular weight excluding hydrogens is 520 g/mol. The summed E-state index contributed by atoms with van der Waals surface area (Å²) in [5, 5.41) is 0. The predicted octanol–water partition coefficient (Wildman–Crippen LogP) is 4.04. The molecule has 0 spiro atoms. The molecule has 0 saturated carbocycles. The lowest BCUT2D eigenvalue weighted by Gasteiger charge is -2.19. The number of likely N-dealkylation sites (tertiary alicyclic amines) is 1. The number of aromatic nitrogens is 6. The summed E-state index contributed by atoms with van der Waals surface area (Å²) in [6.07, 6.45) is 7.07. The third kappa shape index (κ3) is 5.48. The van der Waals surface area contributed by atoms with Crippen molar-refractivity contribution in [2.75, 3.05) is 19.3 Å². The van der Waals surface area contributed by atoms with E-state index in [0.29, 0.717) is 47.3 Å². The number of hydrogen-bond donors (Lipinski definition) is 1. The van der Waals surface area contributed by atoms with Gasteiger partial charge in [0.25, 0.3) is 0 Å². The monoisotopic (exact) mass is 552 g/mol. The predicted molar refractivity (Wildman–Crippen MR) is 156 cm³/mol. The number of hydrogen-bond acceptors (Lipinski definition) is 9. The highest BCUT2D eigenvalue weighted by molar-refractivity contribution is 5.84. The van der Waals surface area contributed by atoms with Crippen molar-refractivity contribution in [2.45, 2.75) is 45.9 Å². The number of aryl methyl sites for hydroxylation is 2. The third-order valence-electron chi connectivity index (χ3n) is 7.39. The zero-order chi connectivity index (χ0) is 28.5. The first-order valence-corrected chi connectivity index (χ1v) is 13.6. The summed E-state index contributed by atoms with van der Waals surface area (Å²) in [5.74, 6) is 2.91. The fourth-order valence-electron chi connectivity index (χ4n) is 5.24. The molecule has 5 aromatic rings. The first-order chi connectivity index (χ1) is 19.9. The number of likely N-dealkylation sites (N-methyl/N-ethyl adjacent to an activating group) is 1. The Kier molecular flexibility index (Phi) is 7.10. The zero-order valence-electron chi connectivity index (χ0n) is 23.3. The molecule has 1 saturated heterocycles. The van der Waals surface area contributed by atoms with Gasteiger partial charge in [-0.25, -0.2) is 24.7 Å². The summed E-state index contributed by atoms with van der Waals surface area (Å²) in [7, 11) is 2.09. The van der Waals surface area contributed by atoms with Gasteiger partial charge in [0, 0.05) is 36.6 Å². The van der Waals surface area contributed by atoms with Gasteiger partial charge in [0.1, 0.15) is 41.5 Å². The second-order valence-corrected chi connectivity index (χ2v) is 10.4. The van der Waals surface area contributed by atoms with Crippen molar-refractivity contribution < 1.29 is 9.47 Å². The minimum Gasteiger partial charge on any atom is -0.489 e. The molecule has 6 rings (SSSR count). The summed E-state index contributed by atoms with van der Waals surface area (Å²) >= 11 is 0. The van der Waals surface area contributed by atoms with Crippen LogP contribution < -0.4 is 20.9 Å². The zero-order valence-corrected chi connectivity index (χ0v) is 23.3.